The third kappa shape index (κ3) is 4.70. The van der Waals surface area contributed by atoms with Gasteiger partial charge in [0.1, 0.15) is 10.8 Å². The molecule has 0 bridgehead atoms. The molecule has 0 saturated carbocycles. The first kappa shape index (κ1) is 15.8. The van der Waals surface area contributed by atoms with Crippen LogP contribution in [0, 0.1) is 11.7 Å². The average Bonchev–Trinajstić information content (AvgIpc) is 3.17. The van der Waals surface area contributed by atoms with E-state index in [2.05, 4.69) is 20.8 Å². The van der Waals surface area contributed by atoms with Crippen molar-refractivity contribution in [1.29, 1.82) is 0 Å². The fraction of sp³-hybridized carbons (Fsp3) is 0.400. The number of halogens is 1. The number of amides is 2. The molecule has 2 aromatic rings. The summed E-state index contributed by atoms with van der Waals surface area (Å²) in [6, 6.07) is 6.05. The van der Waals surface area contributed by atoms with Gasteiger partial charge in [0.25, 0.3) is 0 Å². The van der Waals surface area contributed by atoms with E-state index in [0.717, 1.165) is 23.6 Å². The lowest BCUT2D eigenvalue weighted by atomic mass is 10.1. The second-order valence-electron chi connectivity index (χ2n) is 5.37. The summed E-state index contributed by atoms with van der Waals surface area (Å²) in [7, 11) is 0. The molecule has 1 atom stereocenters. The van der Waals surface area contributed by atoms with Gasteiger partial charge >= 0.3 is 6.03 Å². The maximum atomic E-state index is 13.2. The first-order valence-electron chi connectivity index (χ1n) is 7.38. The summed E-state index contributed by atoms with van der Waals surface area (Å²) in [5.41, 5.74) is 0.818. The van der Waals surface area contributed by atoms with Gasteiger partial charge in [0.2, 0.25) is 5.13 Å². The van der Waals surface area contributed by atoms with Gasteiger partial charge in [-0.1, -0.05) is 23.5 Å². The van der Waals surface area contributed by atoms with Crippen LogP contribution in [-0.4, -0.2) is 36.0 Å². The molecule has 2 amide bonds. The molecule has 0 radical (unpaired) electrons. The summed E-state index contributed by atoms with van der Waals surface area (Å²) in [4.78, 5) is 11.8. The van der Waals surface area contributed by atoms with Gasteiger partial charge in [-0.2, -0.15) is 0 Å². The van der Waals surface area contributed by atoms with Gasteiger partial charge in [-0.15, -0.1) is 10.2 Å². The van der Waals surface area contributed by atoms with E-state index in [1.807, 2.05) is 6.07 Å². The summed E-state index contributed by atoms with van der Waals surface area (Å²) in [6.45, 7) is 2.03. The zero-order chi connectivity index (χ0) is 16.1. The lowest BCUT2D eigenvalue weighted by Crippen LogP contribution is -2.33. The molecule has 1 aromatic heterocycles. The van der Waals surface area contributed by atoms with E-state index >= 15 is 0 Å². The molecule has 0 aliphatic carbocycles. The first-order valence-corrected chi connectivity index (χ1v) is 8.20. The molecule has 1 aromatic carbocycles. The van der Waals surface area contributed by atoms with E-state index < -0.39 is 0 Å². The minimum absolute atomic E-state index is 0.277. The third-order valence-electron chi connectivity index (χ3n) is 3.51. The topological polar surface area (TPSA) is 76.1 Å². The third-order valence-corrected chi connectivity index (χ3v) is 4.35. The van der Waals surface area contributed by atoms with Crippen LogP contribution in [0.1, 0.15) is 17.0 Å². The first-order chi connectivity index (χ1) is 11.2. The number of rotatable bonds is 5. The van der Waals surface area contributed by atoms with Gasteiger partial charge in [0.05, 0.1) is 6.61 Å². The van der Waals surface area contributed by atoms with Crippen LogP contribution in [0.25, 0.3) is 0 Å². The monoisotopic (exact) mass is 336 g/mol. The quantitative estimate of drug-likeness (QED) is 0.879. The van der Waals surface area contributed by atoms with Gasteiger partial charge < -0.3 is 10.1 Å². The molecule has 23 heavy (non-hydrogen) atoms. The number of ether oxygens (including phenoxy) is 1. The Morgan fingerprint density at radius 3 is 3.13 bits per heavy atom. The lowest BCUT2D eigenvalue weighted by Gasteiger charge is -2.08. The van der Waals surface area contributed by atoms with E-state index in [0.29, 0.717) is 30.6 Å². The zero-order valence-electron chi connectivity index (χ0n) is 12.4. The van der Waals surface area contributed by atoms with Crippen molar-refractivity contribution < 1.29 is 13.9 Å². The van der Waals surface area contributed by atoms with Crippen molar-refractivity contribution in [2.75, 3.05) is 25.1 Å². The number of aromatic nitrogens is 2. The van der Waals surface area contributed by atoms with Crippen LogP contribution in [0.4, 0.5) is 14.3 Å². The molecule has 2 N–H and O–H groups in total. The molecule has 1 aliphatic rings. The molecule has 6 nitrogen and oxygen atoms in total. The van der Waals surface area contributed by atoms with E-state index in [9.17, 15) is 9.18 Å². The van der Waals surface area contributed by atoms with Crippen LogP contribution < -0.4 is 10.6 Å². The Balaban J connectivity index is 1.49. The Morgan fingerprint density at radius 2 is 2.35 bits per heavy atom. The van der Waals surface area contributed by atoms with Gasteiger partial charge in [-0.25, -0.2) is 9.18 Å². The van der Waals surface area contributed by atoms with E-state index in [1.54, 1.807) is 6.07 Å². The second kappa shape index (κ2) is 7.47. The molecule has 1 saturated heterocycles. The minimum atomic E-state index is -0.301. The van der Waals surface area contributed by atoms with Crippen LogP contribution in [0.2, 0.25) is 0 Å². The normalized spacial score (nSPS) is 17.2. The van der Waals surface area contributed by atoms with Crippen LogP contribution in [0.15, 0.2) is 24.3 Å². The maximum absolute atomic E-state index is 13.2. The Bertz CT molecular complexity index is 673. The Kier molecular flexibility index (Phi) is 5.14. The zero-order valence-corrected chi connectivity index (χ0v) is 13.2. The van der Waals surface area contributed by atoms with Gasteiger partial charge in [0, 0.05) is 25.5 Å². The molecular formula is C15H17FN4O2S. The molecule has 1 unspecified atom stereocenters. The summed E-state index contributed by atoms with van der Waals surface area (Å²) >= 11 is 1.28. The number of nitrogens with one attached hydrogen (secondary N) is 2. The van der Waals surface area contributed by atoms with Crippen LogP contribution in [-0.2, 0) is 11.2 Å². The van der Waals surface area contributed by atoms with Crippen molar-refractivity contribution in [3.05, 3.63) is 40.7 Å². The number of anilines is 1. The highest BCUT2D eigenvalue weighted by Gasteiger charge is 2.16. The number of nitrogens with zero attached hydrogens (tertiary/aromatic N) is 2. The minimum Gasteiger partial charge on any atom is -0.381 e. The number of hydrogen-bond donors (Lipinski definition) is 2. The number of hydrogen-bond acceptors (Lipinski definition) is 5. The number of carbonyl (C=O) groups excluding carboxylic acids is 1. The second-order valence-corrected chi connectivity index (χ2v) is 6.43. The Hall–Kier alpha value is -2.06. The van der Waals surface area contributed by atoms with Crippen molar-refractivity contribution in [2.45, 2.75) is 12.8 Å². The highest BCUT2D eigenvalue weighted by molar-refractivity contribution is 7.15. The smallest absolute Gasteiger partial charge is 0.321 e. The molecule has 8 heteroatoms. The Labute approximate surface area is 137 Å². The van der Waals surface area contributed by atoms with Gasteiger partial charge in [-0.05, 0) is 24.1 Å². The SMILES string of the molecule is O=C(NCC1CCOC1)Nc1nnc(Cc2cccc(F)c2)s1. The predicted octanol–water partition coefficient (Wildman–Crippen LogP) is 2.43. The fourth-order valence-corrected chi connectivity index (χ4v) is 3.09. The summed E-state index contributed by atoms with van der Waals surface area (Å²) < 4.78 is 18.4. The van der Waals surface area contributed by atoms with Crippen molar-refractivity contribution >= 4 is 22.5 Å². The molecular weight excluding hydrogens is 319 g/mol. The van der Waals surface area contributed by atoms with Crippen molar-refractivity contribution in [3.8, 4) is 0 Å². The molecule has 0 spiro atoms. The standard InChI is InChI=1S/C15H17FN4O2S/c16-12-3-1-2-10(6-12)7-13-19-20-15(23-13)18-14(21)17-8-11-4-5-22-9-11/h1-3,6,11H,4-5,7-9H2,(H2,17,18,20,21). The molecule has 1 fully saturated rings. The predicted molar refractivity (Wildman–Crippen MR) is 85.1 cm³/mol. The van der Waals surface area contributed by atoms with E-state index in [4.69, 9.17) is 4.74 Å². The van der Waals surface area contributed by atoms with Crippen LogP contribution in [0.3, 0.4) is 0 Å². The van der Waals surface area contributed by atoms with Gasteiger partial charge in [-0.3, -0.25) is 5.32 Å². The lowest BCUT2D eigenvalue weighted by molar-refractivity contribution is 0.185. The number of benzene rings is 1. The number of carbonyl (C=O) groups is 1. The maximum Gasteiger partial charge on any atom is 0.321 e. The Morgan fingerprint density at radius 1 is 1.43 bits per heavy atom. The number of urea groups is 1. The largest absolute Gasteiger partial charge is 0.381 e. The summed E-state index contributed by atoms with van der Waals surface area (Å²) in [5.74, 6) is 0.0966. The average molecular weight is 336 g/mol. The highest BCUT2D eigenvalue weighted by atomic mass is 32.1. The van der Waals surface area contributed by atoms with Gasteiger partial charge in [0.15, 0.2) is 0 Å². The van der Waals surface area contributed by atoms with Crippen molar-refractivity contribution in [1.82, 2.24) is 15.5 Å². The van der Waals surface area contributed by atoms with Crippen molar-refractivity contribution in [2.24, 2.45) is 5.92 Å². The van der Waals surface area contributed by atoms with E-state index in [1.165, 1.54) is 23.5 Å². The molecule has 1 aliphatic heterocycles. The summed E-state index contributed by atoms with van der Waals surface area (Å²) in [5, 5.41) is 14.6. The summed E-state index contributed by atoms with van der Waals surface area (Å²) in [6.07, 6.45) is 1.45. The van der Waals surface area contributed by atoms with Crippen LogP contribution >= 0.6 is 11.3 Å². The molecule has 2 heterocycles. The highest BCUT2D eigenvalue weighted by Crippen LogP contribution is 2.19. The van der Waals surface area contributed by atoms with Crippen LogP contribution in [0.5, 0.6) is 0 Å². The van der Waals surface area contributed by atoms with Crippen molar-refractivity contribution in [3.63, 3.8) is 0 Å². The molecule has 3 rings (SSSR count). The molecule has 122 valence electrons. The fourth-order valence-electron chi connectivity index (χ4n) is 2.32. The van der Waals surface area contributed by atoms with E-state index in [-0.39, 0.29) is 11.8 Å².